The van der Waals surface area contributed by atoms with Crippen molar-refractivity contribution in [1.82, 2.24) is 9.97 Å². The van der Waals surface area contributed by atoms with Gasteiger partial charge in [-0.2, -0.15) is 0 Å². The summed E-state index contributed by atoms with van der Waals surface area (Å²) >= 11 is 1.58. The molecule has 0 saturated heterocycles. The van der Waals surface area contributed by atoms with E-state index in [0.29, 0.717) is 6.10 Å². The van der Waals surface area contributed by atoms with Crippen LogP contribution < -0.4 is 10.1 Å². The Morgan fingerprint density at radius 1 is 1.35 bits per heavy atom. The number of thiazole rings is 1. The van der Waals surface area contributed by atoms with Crippen LogP contribution in [0.15, 0.2) is 23.7 Å². The van der Waals surface area contributed by atoms with E-state index < -0.39 is 0 Å². The van der Waals surface area contributed by atoms with Gasteiger partial charge in [-0.3, -0.25) is 0 Å². The lowest BCUT2D eigenvalue weighted by Gasteiger charge is -2.15. The van der Waals surface area contributed by atoms with Gasteiger partial charge in [-0.15, -0.1) is 23.7 Å². The molecule has 1 aliphatic rings. The molecule has 20 heavy (non-hydrogen) atoms. The normalized spacial score (nSPS) is 14.8. The van der Waals surface area contributed by atoms with Crippen LogP contribution >= 0.6 is 23.7 Å². The molecule has 0 radical (unpaired) electrons. The zero-order chi connectivity index (χ0) is 13.1. The molecule has 6 heteroatoms. The van der Waals surface area contributed by atoms with Gasteiger partial charge in [-0.1, -0.05) is 0 Å². The van der Waals surface area contributed by atoms with Crippen LogP contribution in [0.5, 0.6) is 5.75 Å². The van der Waals surface area contributed by atoms with Crippen LogP contribution in [0.3, 0.4) is 0 Å². The monoisotopic (exact) mass is 311 g/mol. The van der Waals surface area contributed by atoms with E-state index in [-0.39, 0.29) is 12.4 Å². The Balaban J connectivity index is 0.00000147. The average Bonchev–Trinajstić information content (AvgIpc) is 3.04. The van der Waals surface area contributed by atoms with Crippen LogP contribution in [-0.4, -0.2) is 16.1 Å². The third-order valence-electron chi connectivity index (χ3n) is 3.21. The van der Waals surface area contributed by atoms with Gasteiger partial charge in [0.25, 0.3) is 0 Å². The van der Waals surface area contributed by atoms with E-state index >= 15 is 0 Å². The second-order valence-corrected chi connectivity index (χ2v) is 5.65. The second kappa shape index (κ2) is 6.90. The molecule has 1 N–H and O–H groups in total. The van der Waals surface area contributed by atoms with Crippen LogP contribution in [0.2, 0.25) is 0 Å². The Labute approximate surface area is 129 Å². The molecule has 2 heterocycles. The summed E-state index contributed by atoms with van der Waals surface area (Å²) in [5.74, 6) is 1.58. The first kappa shape index (κ1) is 15.1. The molecule has 2 aromatic rings. The van der Waals surface area contributed by atoms with Crippen molar-refractivity contribution in [3.05, 3.63) is 29.4 Å². The summed E-state index contributed by atoms with van der Waals surface area (Å²) in [6.07, 6.45) is 6.92. The summed E-state index contributed by atoms with van der Waals surface area (Å²) < 4.78 is 6.04. The number of aryl methyl sites for hydroxylation is 1. The molecule has 108 valence electrons. The highest BCUT2D eigenvalue weighted by Gasteiger charge is 2.18. The minimum Gasteiger partial charge on any atom is -0.487 e. The third kappa shape index (κ3) is 3.61. The molecule has 0 bridgehead atoms. The summed E-state index contributed by atoms with van der Waals surface area (Å²) in [7, 11) is 0. The van der Waals surface area contributed by atoms with Crippen molar-refractivity contribution in [2.75, 3.05) is 5.32 Å². The van der Waals surface area contributed by atoms with E-state index in [0.717, 1.165) is 35.2 Å². The summed E-state index contributed by atoms with van der Waals surface area (Å²) in [6, 6.07) is 3.87. The van der Waals surface area contributed by atoms with E-state index in [2.05, 4.69) is 15.3 Å². The van der Waals surface area contributed by atoms with Crippen LogP contribution in [0.4, 0.5) is 10.9 Å². The highest BCUT2D eigenvalue weighted by molar-refractivity contribution is 7.13. The lowest BCUT2D eigenvalue weighted by atomic mass is 10.3. The molecule has 0 atom stereocenters. The van der Waals surface area contributed by atoms with Crippen LogP contribution in [0.25, 0.3) is 0 Å². The van der Waals surface area contributed by atoms with Crippen molar-refractivity contribution in [2.24, 2.45) is 0 Å². The molecule has 0 unspecified atom stereocenters. The standard InChI is InChI=1S/C14H17N3OS.ClH/c1-10-9-19-14(16-10)17-13-12(7-4-8-15-13)18-11-5-2-3-6-11;/h4,7-9,11H,2-3,5-6H2,1H3,(H,15,16,17);1H. The number of ether oxygens (including phenoxy) is 1. The maximum Gasteiger partial charge on any atom is 0.188 e. The van der Waals surface area contributed by atoms with Crippen molar-refractivity contribution in [2.45, 2.75) is 38.7 Å². The fraction of sp³-hybridized carbons (Fsp3) is 0.429. The van der Waals surface area contributed by atoms with E-state index in [9.17, 15) is 0 Å². The van der Waals surface area contributed by atoms with Crippen LogP contribution in [-0.2, 0) is 0 Å². The maximum atomic E-state index is 6.04. The Morgan fingerprint density at radius 2 is 2.15 bits per heavy atom. The number of nitrogens with one attached hydrogen (secondary N) is 1. The molecule has 1 fully saturated rings. The largest absolute Gasteiger partial charge is 0.487 e. The Kier molecular flexibility index (Phi) is 5.20. The zero-order valence-electron chi connectivity index (χ0n) is 11.3. The molecule has 4 nitrogen and oxygen atoms in total. The van der Waals surface area contributed by atoms with Gasteiger partial charge in [-0.05, 0) is 44.7 Å². The zero-order valence-corrected chi connectivity index (χ0v) is 13.0. The van der Waals surface area contributed by atoms with E-state index in [4.69, 9.17) is 4.74 Å². The number of aromatic nitrogens is 2. The van der Waals surface area contributed by atoms with Crippen molar-refractivity contribution < 1.29 is 4.74 Å². The lowest BCUT2D eigenvalue weighted by Crippen LogP contribution is -2.12. The fourth-order valence-corrected chi connectivity index (χ4v) is 2.97. The first-order valence-electron chi connectivity index (χ1n) is 6.62. The molecule has 0 spiro atoms. The molecule has 3 rings (SSSR count). The molecule has 0 aliphatic heterocycles. The van der Waals surface area contributed by atoms with Gasteiger partial charge in [0.15, 0.2) is 16.7 Å². The molecular formula is C14H18ClN3OS. The summed E-state index contributed by atoms with van der Waals surface area (Å²) in [5, 5.41) is 6.11. The minimum absolute atomic E-state index is 0. The number of nitrogens with zero attached hydrogens (tertiary/aromatic N) is 2. The highest BCUT2D eigenvalue weighted by Crippen LogP contribution is 2.30. The number of pyridine rings is 1. The number of anilines is 2. The van der Waals surface area contributed by atoms with Crippen LogP contribution in [0.1, 0.15) is 31.4 Å². The van der Waals surface area contributed by atoms with Crippen molar-refractivity contribution in [1.29, 1.82) is 0 Å². The van der Waals surface area contributed by atoms with Gasteiger partial charge in [-0.25, -0.2) is 9.97 Å². The molecule has 1 aliphatic carbocycles. The predicted octanol–water partition coefficient (Wildman–Crippen LogP) is 4.33. The number of hydrogen-bond donors (Lipinski definition) is 1. The highest BCUT2D eigenvalue weighted by atomic mass is 35.5. The van der Waals surface area contributed by atoms with E-state index in [1.54, 1.807) is 17.5 Å². The van der Waals surface area contributed by atoms with Gasteiger partial charge in [0, 0.05) is 11.6 Å². The first-order chi connectivity index (χ1) is 9.31. The molecule has 0 amide bonds. The third-order valence-corrected chi connectivity index (χ3v) is 4.09. The van der Waals surface area contributed by atoms with Gasteiger partial charge >= 0.3 is 0 Å². The van der Waals surface area contributed by atoms with Gasteiger partial charge in [0.05, 0.1) is 11.8 Å². The Hall–Kier alpha value is -1.33. The maximum absolute atomic E-state index is 6.04. The minimum atomic E-state index is 0. The fourth-order valence-electron chi connectivity index (χ4n) is 2.28. The SMILES string of the molecule is Cc1csc(Nc2ncccc2OC2CCCC2)n1.Cl. The Morgan fingerprint density at radius 3 is 2.85 bits per heavy atom. The smallest absolute Gasteiger partial charge is 0.188 e. The van der Waals surface area contributed by atoms with Gasteiger partial charge < -0.3 is 10.1 Å². The second-order valence-electron chi connectivity index (χ2n) is 4.79. The summed E-state index contributed by atoms with van der Waals surface area (Å²) in [4.78, 5) is 8.75. The number of halogens is 1. The molecule has 0 aromatic carbocycles. The summed E-state index contributed by atoms with van der Waals surface area (Å²) in [5.41, 5.74) is 1.02. The molecular weight excluding hydrogens is 294 g/mol. The average molecular weight is 312 g/mol. The number of rotatable bonds is 4. The van der Waals surface area contributed by atoms with Gasteiger partial charge in [0.2, 0.25) is 0 Å². The quantitative estimate of drug-likeness (QED) is 0.912. The Bertz CT molecular complexity index is 555. The first-order valence-corrected chi connectivity index (χ1v) is 7.50. The van der Waals surface area contributed by atoms with E-state index in [1.165, 1.54) is 12.8 Å². The van der Waals surface area contributed by atoms with Crippen molar-refractivity contribution >= 4 is 34.7 Å². The molecule has 1 saturated carbocycles. The lowest BCUT2D eigenvalue weighted by molar-refractivity contribution is 0.210. The predicted molar refractivity (Wildman–Crippen MR) is 84.5 cm³/mol. The van der Waals surface area contributed by atoms with Crippen molar-refractivity contribution in [3.63, 3.8) is 0 Å². The van der Waals surface area contributed by atoms with Crippen molar-refractivity contribution in [3.8, 4) is 5.75 Å². The summed E-state index contributed by atoms with van der Waals surface area (Å²) in [6.45, 7) is 1.98. The van der Waals surface area contributed by atoms with E-state index in [1.807, 2.05) is 24.4 Å². The van der Waals surface area contributed by atoms with Crippen LogP contribution in [0, 0.1) is 6.92 Å². The van der Waals surface area contributed by atoms with Gasteiger partial charge in [0.1, 0.15) is 0 Å². The number of hydrogen-bond acceptors (Lipinski definition) is 5. The molecule has 2 aromatic heterocycles. The topological polar surface area (TPSA) is 47.0 Å².